The van der Waals surface area contributed by atoms with Gasteiger partial charge in [0.2, 0.25) is 16.0 Å². The maximum absolute atomic E-state index is 11.5. The predicted molar refractivity (Wildman–Crippen MR) is 90.4 cm³/mol. The fourth-order valence-electron chi connectivity index (χ4n) is 1.91. The van der Waals surface area contributed by atoms with Crippen LogP contribution in [0.15, 0.2) is 59.6 Å². The van der Waals surface area contributed by atoms with Crippen molar-refractivity contribution in [2.75, 3.05) is 11.6 Å². The number of aliphatic imine (C=N–C) groups is 1. The molecule has 0 amide bonds. The highest BCUT2D eigenvalue weighted by Crippen LogP contribution is 2.07. The fraction of sp³-hybridized carbons (Fsp3) is 0.188. The molecule has 2 N–H and O–H groups in total. The lowest BCUT2D eigenvalue weighted by Gasteiger charge is -2.11. The van der Waals surface area contributed by atoms with E-state index >= 15 is 0 Å². The highest BCUT2D eigenvalue weighted by molar-refractivity contribution is 7.89. The number of anilines is 1. The Balaban J connectivity index is 2.18. The van der Waals surface area contributed by atoms with Crippen molar-refractivity contribution >= 4 is 21.7 Å². The van der Waals surface area contributed by atoms with E-state index in [0.29, 0.717) is 6.54 Å². The van der Waals surface area contributed by atoms with Crippen LogP contribution in [0.4, 0.5) is 5.69 Å². The van der Waals surface area contributed by atoms with E-state index in [9.17, 15) is 8.42 Å². The van der Waals surface area contributed by atoms with E-state index in [4.69, 9.17) is 0 Å². The molecule has 5 nitrogen and oxygen atoms in total. The SMILES string of the molecule is Cc1cccc(CN=C(Nc2ccccc2)NS(C)(=O)=O)c1. The van der Waals surface area contributed by atoms with Gasteiger partial charge in [-0.3, -0.25) is 4.72 Å². The lowest BCUT2D eigenvalue weighted by Crippen LogP contribution is -2.35. The number of sulfonamides is 1. The van der Waals surface area contributed by atoms with Crippen LogP contribution in [0.3, 0.4) is 0 Å². The van der Waals surface area contributed by atoms with Crippen molar-refractivity contribution in [2.45, 2.75) is 13.5 Å². The van der Waals surface area contributed by atoms with E-state index in [1.165, 1.54) is 0 Å². The van der Waals surface area contributed by atoms with Crippen LogP contribution >= 0.6 is 0 Å². The molecule has 2 aromatic rings. The first-order chi connectivity index (χ1) is 10.4. The van der Waals surface area contributed by atoms with Crippen LogP contribution in [-0.2, 0) is 16.6 Å². The summed E-state index contributed by atoms with van der Waals surface area (Å²) in [6.45, 7) is 2.39. The number of guanidine groups is 1. The van der Waals surface area contributed by atoms with Crippen LogP contribution in [0, 0.1) is 6.92 Å². The molecular formula is C16H19N3O2S. The Bertz CT molecular complexity index is 756. The standard InChI is InChI=1S/C16H19N3O2S/c1-13-7-6-8-14(11-13)12-17-16(19-22(2,20)21)18-15-9-4-3-5-10-15/h3-11H,12H2,1-2H3,(H2,17,18,19). The Kier molecular flexibility index (Phi) is 5.16. The van der Waals surface area contributed by atoms with Gasteiger partial charge in [-0.25, -0.2) is 13.4 Å². The molecule has 0 heterocycles. The minimum atomic E-state index is -3.40. The summed E-state index contributed by atoms with van der Waals surface area (Å²) < 4.78 is 25.3. The summed E-state index contributed by atoms with van der Waals surface area (Å²) >= 11 is 0. The van der Waals surface area contributed by atoms with E-state index in [1.807, 2.05) is 61.5 Å². The molecule has 0 bridgehead atoms. The molecule has 0 radical (unpaired) electrons. The molecule has 22 heavy (non-hydrogen) atoms. The van der Waals surface area contributed by atoms with Crippen LogP contribution in [-0.4, -0.2) is 20.6 Å². The zero-order valence-electron chi connectivity index (χ0n) is 12.6. The number of para-hydroxylation sites is 1. The third kappa shape index (κ3) is 5.57. The Morgan fingerprint density at radius 1 is 1.09 bits per heavy atom. The van der Waals surface area contributed by atoms with Gasteiger partial charge in [0.25, 0.3) is 0 Å². The number of aryl methyl sites for hydroxylation is 1. The second-order valence-corrected chi connectivity index (χ2v) is 6.77. The molecule has 0 aliphatic heterocycles. The Morgan fingerprint density at radius 3 is 2.45 bits per heavy atom. The lowest BCUT2D eigenvalue weighted by atomic mass is 10.1. The summed E-state index contributed by atoms with van der Waals surface area (Å²) in [6.07, 6.45) is 1.10. The first kappa shape index (κ1) is 16.0. The third-order valence-corrected chi connectivity index (χ3v) is 3.38. The number of benzene rings is 2. The van der Waals surface area contributed by atoms with Crippen LogP contribution in [0.1, 0.15) is 11.1 Å². The predicted octanol–water partition coefficient (Wildman–Crippen LogP) is 2.51. The van der Waals surface area contributed by atoms with Crippen LogP contribution in [0.5, 0.6) is 0 Å². The number of hydrogen-bond donors (Lipinski definition) is 2. The van der Waals surface area contributed by atoms with Gasteiger partial charge in [0.1, 0.15) is 0 Å². The molecule has 116 valence electrons. The molecule has 0 aromatic heterocycles. The normalized spacial score (nSPS) is 12.0. The van der Waals surface area contributed by atoms with Crippen molar-refractivity contribution < 1.29 is 8.42 Å². The summed E-state index contributed by atoms with van der Waals surface area (Å²) in [4.78, 5) is 4.33. The van der Waals surface area contributed by atoms with E-state index in [1.54, 1.807) is 0 Å². The average molecular weight is 317 g/mol. The van der Waals surface area contributed by atoms with E-state index in [-0.39, 0.29) is 5.96 Å². The van der Waals surface area contributed by atoms with Crippen molar-refractivity contribution in [1.82, 2.24) is 4.72 Å². The molecule has 0 saturated heterocycles. The van der Waals surface area contributed by atoms with Crippen LogP contribution in [0.2, 0.25) is 0 Å². The first-order valence-corrected chi connectivity index (χ1v) is 8.71. The van der Waals surface area contributed by atoms with E-state index < -0.39 is 10.0 Å². The summed E-state index contributed by atoms with van der Waals surface area (Å²) in [6, 6.07) is 17.2. The second kappa shape index (κ2) is 7.09. The molecule has 2 rings (SSSR count). The smallest absolute Gasteiger partial charge is 0.232 e. The average Bonchev–Trinajstić information content (AvgIpc) is 2.44. The van der Waals surface area contributed by atoms with Gasteiger partial charge in [-0.2, -0.15) is 0 Å². The first-order valence-electron chi connectivity index (χ1n) is 6.82. The molecule has 0 aliphatic rings. The monoisotopic (exact) mass is 317 g/mol. The second-order valence-electron chi connectivity index (χ2n) is 5.02. The van der Waals surface area contributed by atoms with Crippen LogP contribution in [0.25, 0.3) is 0 Å². The van der Waals surface area contributed by atoms with Crippen molar-refractivity contribution in [3.05, 3.63) is 65.7 Å². The van der Waals surface area contributed by atoms with Gasteiger partial charge >= 0.3 is 0 Å². The largest absolute Gasteiger partial charge is 0.326 e. The summed E-state index contributed by atoms with van der Waals surface area (Å²) in [7, 11) is -3.40. The summed E-state index contributed by atoms with van der Waals surface area (Å²) in [5, 5.41) is 2.98. The Morgan fingerprint density at radius 2 is 1.82 bits per heavy atom. The van der Waals surface area contributed by atoms with Gasteiger partial charge < -0.3 is 5.32 Å². The van der Waals surface area contributed by atoms with E-state index in [0.717, 1.165) is 23.1 Å². The lowest BCUT2D eigenvalue weighted by molar-refractivity contribution is 0.598. The highest BCUT2D eigenvalue weighted by atomic mass is 32.2. The molecule has 0 spiro atoms. The van der Waals surface area contributed by atoms with Crippen LogP contribution < -0.4 is 10.0 Å². The zero-order chi connectivity index (χ0) is 16.0. The number of nitrogens with zero attached hydrogens (tertiary/aromatic N) is 1. The number of rotatable bonds is 4. The van der Waals surface area contributed by atoms with E-state index in [2.05, 4.69) is 15.0 Å². The quantitative estimate of drug-likeness (QED) is 0.672. The van der Waals surface area contributed by atoms with Crippen molar-refractivity contribution in [3.63, 3.8) is 0 Å². The van der Waals surface area contributed by atoms with Gasteiger partial charge in [-0.1, -0.05) is 48.0 Å². The molecule has 0 aliphatic carbocycles. The summed E-state index contributed by atoms with van der Waals surface area (Å²) in [5.74, 6) is 0.204. The minimum Gasteiger partial charge on any atom is -0.326 e. The van der Waals surface area contributed by atoms with Crippen molar-refractivity contribution in [3.8, 4) is 0 Å². The minimum absolute atomic E-state index is 0.204. The van der Waals surface area contributed by atoms with Gasteiger partial charge in [-0.15, -0.1) is 0 Å². The molecule has 2 aromatic carbocycles. The molecule has 0 fully saturated rings. The van der Waals surface area contributed by atoms with Gasteiger partial charge in [-0.05, 0) is 24.6 Å². The Labute approximate surface area is 131 Å². The molecular weight excluding hydrogens is 298 g/mol. The summed E-state index contributed by atoms with van der Waals surface area (Å²) in [5.41, 5.74) is 2.92. The number of nitrogens with one attached hydrogen (secondary N) is 2. The molecule has 0 unspecified atom stereocenters. The van der Waals surface area contributed by atoms with Gasteiger partial charge in [0.05, 0.1) is 12.8 Å². The highest BCUT2D eigenvalue weighted by Gasteiger charge is 2.07. The topological polar surface area (TPSA) is 70.6 Å². The van der Waals surface area contributed by atoms with Crippen molar-refractivity contribution in [1.29, 1.82) is 0 Å². The zero-order valence-corrected chi connectivity index (χ0v) is 13.4. The molecule has 6 heteroatoms. The molecule has 0 saturated carbocycles. The fourth-order valence-corrected chi connectivity index (χ4v) is 2.38. The van der Waals surface area contributed by atoms with Crippen molar-refractivity contribution in [2.24, 2.45) is 4.99 Å². The maximum Gasteiger partial charge on any atom is 0.232 e. The maximum atomic E-state index is 11.5. The van der Waals surface area contributed by atoms with Gasteiger partial charge in [0, 0.05) is 5.69 Å². The number of hydrogen-bond acceptors (Lipinski definition) is 3. The Hall–Kier alpha value is -2.34. The molecule has 0 atom stereocenters. The van der Waals surface area contributed by atoms with Gasteiger partial charge in [0.15, 0.2) is 0 Å². The third-order valence-electron chi connectivity index (χ3n) is 2.82.